The van der Waals surface area contributed by atoms with E-state index >= 15 is 0 Å². The summed E-state index contributed by atoms with van der Waals surface area (Å²) < 4.78 is 0. The van der Waals surface area contributed by atoms with Crippen LogP contribution < -0.4 is 5.32 Å². The average Bonchev–Trinajstić information content (AvgIpc) is 2.75. The van der Waals surface area contributed by atoms with Crippen molar-refractivity contribution in [3.8, 4) is 0 Å². The average molecular weight is 228 g/mol. The third kappa shape index (κ3) is 2.49. The maximum atomic E-state index is 4.33. The van der Waals surface area contributed by atoms with Crippen molar-refractivity contribution in [3.05, 3.63) is 16.6 Å². The summed E-state index contributed by atoms with van der Waals surface area (Å²) in [5.74, 6) is 1.25. The van der Waals surface area contributed by atoms with E-state index in [9.17, 15) is 0 Å². The van der Waals surface area contributed by atoms with Crippen LogP contribution in [0, 0.1) is 0 Å². The smallest absolute Gasteiger partial charge is 0.109 e. The van der Waals surface area contributed by atoms with E-state index in [1.54, 1.807) is 11.3 Å². The van der Waals surface area contributed by atoms with Gasteiger partial charge < -0.3 is 5.32 Å². The maximum absolute atomic E-state index is 4.33. The van der Waals surface area contributed by atoms with Gasteiger partial charge >= 0.3 is 0 Å². The Hall–Kier alpha value is -0.0600. The van der Waals surface area contributed by atoms with E-state index in [1.165, 1.54) is 17.2 Å². The topological polar surface area (TPSA) is 24.9 Å². The Balaban J connectivity index is 1.86. The molecule has 1 aliphatic rings. The first-order chi connectivity index (χ1) is 6.75. The molecule has 1 N–H and O–H groups in total. The molecule has 1 aliphatic heterocycles. The highest BCUT2D eigenvalue weighted by atomic mass is 32.2. The van der Waals surface area contributed by atoms with Crippen LogP contribution in [0.3, 0.4) is 0 Å². The number of nitrogens with zero attached hydrogens (tertiary/aromatic N) is 1. The molecule has 0 aromatic carbocycles. The third-order valence-electron chi connectivity index (χ3n) is 2.51. The predicted molar refractivity (Wildman–Crippen MR) is 64.0 cm³/mol. The number of hydrogen-bond acceptors (Lipinski definition) is 4. The second kappa shape index (κ2) is 4.64. The van der Waals surface area contributed by atoms with Gasteiger partial charge in [-0.05, 0) is 13.3 Å². The molecular formula is C10H16N2S2. The predicted octanol–water partition coefficient (Wildman–Crippen LogP) is 2.69. The fraction of sp³-hybridized carbons (Fsp3) is 0.700. The van der Waals surface area contributed by atoms with Gasteiger partial charge in [0.25, 0.3) is 0 Å². The summed E-state index contributed by atoms with van der Waals surface area (Å²) in [5, 5.41) is 7.70. The number of thiazole rings is 1. The summed E-state index contributed by atoms with van der Waals surface area (Å²) >= 11 is 3.80. The maximum Gasteiger partial charge on any atom is 0.109 e. The monoisotopic (exact) mass is 228 g/mol. The molecule has 1 aromatic rings. The number of hydrogen-bond donors (Lipinski definition) is 1. The van der Waals surface area contributed by atoms with E-state index < -0.39 is 0 Å². The van der Waals surface area contributed by atoms with Crippen LogP contribution in [0.15, 0.2) is 11.6 Å². The van der Waals surface area contributed by atoms with Crippen LogP contribution in [-0.2, 0) is 0 Å². The molecule has 2 nitrogen and oxygen atoms in total. The van der Waals surface area contributed by atoms with E-state index in [2.05, 4.69) is 35.9 Å². The van der Waals surface area contributed by atoms with E-state index in [-0.39, 0.29) is 0 Å². The molecule has 78 valence electrons. The van der Waals surface area contributed by atoms with Crippen LogP contribution in [0.1, 0.15) is 31.3 Å². The quantitative estimate of drug-likeness (QED) is 0.861. The van der Waals surface area contributed by atoms with Crippen molar-refractivity contribution < 1.29 is 0 Å². The molecule has 1 saturated heterocycles. The fourth-order valence-corrected chi connectivity index (χ4v) is 3.62. The molecule has 1 aromatic heterocycles. The molecule has 3 unspecified atom stereocenters. The minimum absolute atomic E-state index is 0.408. The zero-order valence-corrected chi connectivity index (χ0v) is 10.2. The molecule has 4 heteroatoms. The molecule has 0 radical (unpaired) electrons. The van der Waals surface area contributed by atoms with Gasteiger partial charge in [0.15, 0.2) is 0 Å². The van der Waals surface area contributed by atoms with Gasteiger partial charge in [-0.3, -0.25) is 0 Å². The van der Waals surface area contributed by atoms with Crippen molar-refractivity contribution in [3.63, 3.8) is 0 Å². The van der Waals surface area contributed by atoms with Crippen molar-refractivity contribution in [1.29, 1.82) is 0 Å². The summed E-state index contributed by atoms with van der Waals surface area (Å²) in [4.78, 5) is 4.33. The second-order valence-corrected chi connectivity index (χ2v) is 6.23. The Morgan fingerprint density at radius 3 is 3.07 bits per heavy atom. The van der Waals surface area contributed by atoms with Crippen LogP contribution >= 0.6 is 23.1 Å². The first-order valence-corrected chi connectivity index (χ1v) is 6.95. The first-order valence-electron chi connectivity index (χ1n) is 5.02. The molecule has 0 bridgehead atoms. The highest BCUT2D eigenvalue weighted by Crippen LogP contribution is 2.28. The second-order valence-electron chi connectivity index (χ2n) is 3.84. The lowest BCUT2D eigenvalue weighted by Crippen LogP contribution is -2.31. The molecule has 2 heterocycles. The summed E-state index contributed by atoms with van der Waals surface area (Å²) in [6.45, 7) is 4.51. The lowest BCUT2D eigenvalue weighted by atomic mass is 10.2. The van der Waals surface area contributed by atoms with Crippen LogP contribution in [0.4, 0.5) is 0 Å². The SMILES string of the molecule is CC1CC(NC(C)c2nccs2)CS1. The highest BCUT2D eigenvalue weighted by molar-refractivity contribution is 8.00. The lowest BCUT2D eigenvalue weighted by molar-refractivity contribution is 0.473. The van der Waals surface area contributed by atoms with Crippen molar-refractivity contribution in [2.75, 3.05) is 5.75 Å². The Morgan fingerprint density at radius 1 is 1.64 bits per heavy atom. The Bertz CT molecular complexity index is 274. The van der Waals surface area contributed by atoms with Gasteiger partial charge in [0, 0.05) is 28.6 Å². The van der Waals surface area contributed by atoms with Gasteiger partial charge in [-0.1, -0.05) is 6.92 Å². The van der Waals surface area contributed by atoms with E-state index in [4.69, 9.17) is 0 Å². The Labute approximate surface area is 93.5 Å². The van der Waals surface area contributed by atoms with E-state index in [0.717, 1.165) is 5.25 Å². The van der Waals surface area contributed by atoms with Crippen molar-refractivity contribution in [1.82, 2.24) is 10.3 Å². The molecule has 1 fully saturated rings. The normalized spacial score (nSPS) is 29.3. The van der Waals surface area contributed by atoms with Crippen molar-refractivity contribution in [2.45, 2.75) is 37.6 Å². The summed E-state index contributed by atoms with van der Waals surface area (Å²) in [6.07, 6.45) is 3.17. The van der Waals surface area contributed by atoms with Crippen LogP contribution in [0.25, 0.3) is 0 Å². The molecule has 0 saturated carbocycles. The lowest BCUT2D eigenvalue weighted by Gasteiger charge is -2.16. The zero-order valence-electron chi connectivity index (χ0n) is 8.56. The van der Waals surface area contributed by atoms with Crippen LogP contribution in [0.5, 0.6) is 0 Å². The van der Waals surface area contributed by atoms with Gasteiger partial charge in [0.1, 0.15) is 5.01 Å². The summed E-state index contributed by atoms with van der Waals surface area (Å²) in [7, 11) is 0. The largest absolute Gasteiger partial charge is 0.304 e. The van der Waals surface area contributed by atoms with Gasteiger partial charge in [0.2, 0.25) is 0 Å². The molecule has 0 aliphatic carbocycles. The zero-order chi connectivity index (χ0) is 9.97. The standard InChI is InChI=1S/C10H16N2S2/c1-7-5-9(6-14-7)12-8(2)10-11-3-4-13-10/h3-4,7-9,12H,5-6H2,1-2H3. The van der Waals surface area contributed by atoms with E-state index in [0.29, 0.717) is 12.1 Å². The minimum atomic E-state index is 0.408. The third-order valence-corrected chi connectivity index (χ3v) is 4.82. The molecular weight excluding hydrogens is 212 g/mol. The van der Waals surface area contributed by atoms with Crippen molar-refractivity contribution >= 4 is 23.1 Å². The van der Waals surface area contributed by atoms with Gasteiger partial charge in [-0.15, -0.1) is 11.3 Å². The van der Waals surface area contributed by atoms with Crippen LogP contribution in [-0.4, -0.2) is 22.0 Å². The number of rotatable bonds is 3. The molecule has 3 atom stereocenters. The minimum Gasteiger partial charge on any atom is -0.304 e. The number of aromatic nitrogens is 1. The molecule has 0 amide bonds. The van der Waals surface area contributed by atoms with Gasteiger partial charge in [-0.25, -0.2) is 4.98 Å². The Kier molecular flexibility index (Phi) is 3.47. The number of nitrogens with one attached hydrogen (secondary N) is 1. The van der Waals surface area contributed by atoms with Gasteiger partial charge in [0.05, 0.1) is 6.04 Å². The fourth-order valence-electron chi connectivity index (χ4n) is 1.81. The number of thioether (sulfide) groups is 1. The van der Waals surface area contributed by atoms with Crippen molar-refractivity contribution in [2.24, 2.45) is 0 Å². The molecule has 2 rings (SSSR count). The molecule has 0 spiro atoms. The summed E-state index contributed by atoms with van der Waals surface area (Å²) in [5.41, 5.74) is 0. The van der Waals surface area contributed by atoms with E-state index in [1.807, 2.05) is 11.6 Å². The summed E-state index contributed by atoms with van der Waals surface area (Å²) in [6, 6.07) is 1.08. The van der Waals surface area contributed by atoms with Crippen LogP contribution in [0.2, 0.25) is 0 Å². The molecule has 14 heavy (non-hydrogen) atoms. The Morgan fingerprint density at radius 2 is 2.50 bits per heavy atom. The van der Waals surface area contributed by atoms with Gasteiger partial charge in [-0.2, -0.15) is 11.8 Å². The highest BCUT2D eigenvalue weighted by Gasteiger charge is 2.23. The first kappa shape index (κ1) is 10.5.